The van der Waals surface area contributed by atoms with Crippen LogP contribution >= 0.6 is 0 Å². The van der Waals surface area contributed by atoms with Crippen LogP contribution < -0.4 is 0 Å². The Balaban J connectivity index is 1.46. The number of piperidine rings is 3. The Labute approximate surface area is 176 Å². The predicted molar refractivity (Wildman–Crippen MR) is 122 cm³/mol. The molecule has 0 aromatic heterocycles. The van der Waals surface area contributed by atoms with Crippen molar-refractivity contribution in [1.29, 1.82) is 0 Å². The van der Waals surface area contributed by atoms with Gasteiger partial charge in [0.25, 0.3) is 0 Å². The van der Waals surface area contributed by atoms with Gasteiger partial charge in [0.05, 0.1) is 26.2 Å². The molecular formula is C26H50NO+. The largest absolute Gasteiger partial charge is 0.390 e. The third-order valence-electron chi connectivity index (χ3n) is 7.95. The molecule has 3 rings (SSSR count). The van der Waals surface area contributed by atoms with Gasteiger partial charge in [-0.05, 0) is 18.8 Å². The number of unbranched alkanes of at least 4 members (excludes halogenated alkanes) is 13. The lowest BCUT2D eigenvalue weighted by molar-refractivity contribution is -0.969. The highest BCUT2D eigenvalue weighted by Crippen LogP contribution is 2.42. The zero-order chi connectivity index (χ0) is 20.1. The molecule has 164 valence electrons. The van der Waals surface area contributed by atoms with Crippen molar-refractivity contribution in [3.8, 4) is 0 Å². The molecule has 4 atom stereocenters. The van der Waals surface area contributed by atoms with E-state index in [0.717, 1.165) is 5.92 Å². The lowest BCUT2D eigenvalue weighted by Crippen LogP contribution is -2.67. The molecule has 28 heavy (non-hydrogen) atoms. The Morgan fingerprint density at radius 1 is 0.857 bits per heavy atom. The van der Waals surface area contributed by atoms with E-state index in [1.807, 2.05) is 0 Å². The lowest BCUT2D eigenvalue weighted by Gasteiger charge is -2.56. The molecule has 0 spiro atoms. The van der Waals surface area contributed by atoms with E-state index in [-0.39, 0.29) is 0 Å². The highest BCUT2D eigenvalue weighted by Gasteiger charge is 2.50. The summed E-state index contributed by atoms with van der Waals surface area (Å²) in [6, 6.07) is 0.511. The molecule has 3 aliphatic heterocycles. The first-order chi connectivity index (χ1) is 13.8. The van der Waals surface area contributed by atoms with Crippen molar-refractivity contribution >= 4 is 0 Å². The predicted octanol–water partition coefficient (Wildman–Crippen LogP) is 6.87. The minimum absolute atomic E-state index is 0.388. The van der Waals surface area contributed by atoms with Gasteiger partial charge in [-0.1, -0.05) is 90.0 Å². The van der Waals surface area contributed by atoms with Crippen LogP contribution in [0, 0.1) is 11.8 Å². The van der Waals surface area contributed by atoms with Gasteiger partial charge in [0.2, 0.25) is 0 Å². The fraction of sp³-hybridized carbons (Fsp3) is 0.923. The molecule has 0 radical (unpaired) electrons. The normalized spacial score (nSPS) is 29.3. The van der Waals surface area contributed by atoms with E-state index in [1.165, 1.54) is 127 Å². The van der Waals surface area contributed by atoms with Crippen molar-refractivity contribution in [2.75, 3.05) is 26.2 Å². The molecule has 3 saturated heterocycles. The summed E-state index contributed by atoms with van der Waals surface area (Å²) in [7, 11) is 0. The summed E-state index contributed by atoms with van der Waals surface area (Å²) in [5.74, 6) is 1.49. The third-order valence-corrected chi connectivity index (χ3v) is 7.95. The van der Waals surface area contributed by atoms with Crippen molar-refractivity contribution in [2.24, 2.45) is 11.8 Å². The van der Waals surface area contributed by atoms with Crippen molar-refractivity contribution in [1.82, 2.24) is 0 Å². The SMILES string of the molecule is C=C[C@H]1C[N@+]2(CCCCCCCCCCCCCCCC)CC[C@H]1C[C@H]2CO. The monoisotopic (exact) mass is 392 g/mol. The van der Waals surface area contributed by atoms with E-state index in [4.69, 9.17) is 0 Å². The highest BCUT2D eigenvalue weighted by atomic mass is 16.3. The van der Waals surface area contributed by atoms with Crippen LogP contribution in [0.15, 0.2) is 12.7 Å². The minimum atomic E-state index is 0.388. The number of quaternary nitrogens is 1. The van der Waals surface area contributed by atoms with E-state index < -0.39 is 0 Å². The molecule has 2 nitrogen and oxygen atoms in total. The van der Waals surface area contributed by atoms with Crippen LogP contribution in [0.5, 0.6) is 0 Å². The summed E-state index contributed by atoms with van der Waals surface area (Å²) in [5.41, 5.74) is 0. The summed E-state index contributed by atoms with van der Waals surface area (Å²) in [4.78, 5) is 0. The zero-order valence-corrected chi connectivity index (χ0v) is 19.1. The Hall–Kier alpha value is -0.340. The van der Waals surface area contributed by atoms with Gasteiger partial charge in [0.15, 0.2) is 0 Å². The van der Waals surface area contributed by atoms with Gasteiger partial charge in [0, 0.05) is 18.8 Å². The maximum Gasteiger partial charge on any atom is 0.113 e. The number of hydrogen-bond acceptors (Lipinski definition) is 1. The molecule has 0 aromatic rings. The second-order valence-electron chi connectivity index (χ2n) is 9.96. The maximum absolute atomic E-state index is 9.91. The molecule has 0 aliphatic carbocycles. The molecule has 1 N–H and O–H groups in total. The van der Waals surface area contributed by atoms with E-state index in [9.17, 15) is 5.11 Å². The molecule has 0 unspecified atom stereocenters. The van der Waals surface area contributed by atoms with Gasteiger partial charge >= 0.3 is 0 Å². The Morgan fingerprint density at radius 2 is 1.39 bits per heavy atom. The lowest BCUT2D eigenvalue weighted by atomic mass is 9.73. The Kier molecular flexibility index (Phi) is 11.8. The zero-order valence-electron chi connectivity index (χ0n) is 19.1. The number of hydrogen-bond donors (Lipinski definition) is 1. The third kappa shape index (κ3) is 7.48. The maximum atomic E-state index is 9.91. The quantitative estimate of drug-likeness (QED) is 0.163. The standard InChI is InChI=1S/C26H50NO/c1-3-5-6-7-8-9-10-11-12-13-14-15-16-17-19-27-20-18-25(21-26(27)23-28)24(4-2)22-27/h4,24-26,28H,2-3,5-23H2,1H3/q+1/t24-,25-,26-,27-/m0/s1. The first-order valence-corrected chi connectivity index (χ1v) is 12.8. The molecule has 3 aliphatic rings. The second-order valence-corrected chi connectivity index (χ2v) is 9.96. The van der Waals surface area contributed by atoms with Crippen LogP contribution in [0.4, 0.5) is 0 Å². The van der Waals surface area contributed by atoms with Crippen molar-refractivity contribution in [3.63, 3.8) is 0 Å². The molecule has 3 fully saturated rings. The van der Waals surface area contributed by atoms with E-state index >= 15 is 0 Å². The van der Waals surface area contributed by atoms with Gasteiger partial charge in [0.1, 0.15) is 6.04 Å². The summed E-state index contributed by atoms with van der Waals surface area (Å²) >= 11 is 0. The van der Waals surface area contributed by atoms with Crippen LogP contribution in [0.2, 0.25) is 0 Å². The number of fused-ring (bicyclic) bond motifs is 3. The van der Waals surface area contributed by atoms with Crippen molar-refractivity contribution < 1.29 is 9.59 Å². The summed E-state index contributed by atoms with van der Waals surface area (Å²) in [6.45, 7) is 10.6. The molecule has 0 aromatic carbocycles. The summed E-state index contributed by atoms with van der Waals surface area (Å²) in [5, 5.41) is 9.91. The van der Waals surface area contributed by atoms with E-state index in [2.05, 4.69) is 19.6 Å². The molecule has 2 bridgehead atoms. The second kappa shape index (κ2) is 13.8. The number of rotatable bonds is 17. The average Bonchev–Trinajstić information content (AvgIpc) is 2.74. The fourth-order valence-electron chi connectivity index (χ4n) is 6.02. The first-order valence-electron chi connectivity index (χ1n) is 12.8. The van der Waals surface area contributed by atoms with Crippen LogP contribution in [-0.4, -0.2) is 41.9 Å². The van der Waals surface area contributed by atoms with Gasteiger partial charge in [-0.3, -0.25) is 0 Å². The van der Waals surface area contributed by atoms with Crippen LogP contribution in [-0.2, 0) is 0 Å². The molecule has 3 heterocycles. The number of nitrogens with zero attached hydrogens (tertiary/aromatic N) is 1. The summed E-state index contributed by atoms with van der Waals surface area (Å²) < 4.78 is 1.20. The highest BCUT2D eigenvalue weighted by molar-refractivity contribution is 4.93. The van der Waals surface area contributed by atoms with E-state index in [0.29, 0.717) is 18.6 Å². The van der Waals surface area contributed by atoms with Gasteiger partial charge < -0.3 is 9.59 Å². The molecule has 2 heteroatoms. The van der Waals surface area contributed by atoms with Gasteiger partial charge in [-0.15, -0.1) is 6.58 Å². The van der Waals surface area contributed by atoms with Crippen molar-refractivity contribution in [2.45, 2.75) is 116 Å². The molecule has 0 saturated carbocycles. The fourth-order valence-corrected chi connectivity index (χ4v) is 6.02. The molecule has 0 amide bonds. The van der Waals surface area contributed by atoms with Crippen LogP contribution in [0.3, 0.4) is 0 Å². The summed E-state index contributed by atoms with van der Waals surface area (Å²) in [6.07, 6.45) is 24.8. The van der Waals surface area contributed by atoms with E-state index in [1.54, 1.807) is 0 Å². The number of aliphatic hydroxyl groups is 1. The Bertz CT molecular complexity index is 409. The minimum Gasteiger partial charge on any atom is -0.390 e. The smallest absolute Gasteiger partial charge is 0.113 e. The average molecular weight is 393 g/mol. The van der Waals surface area contributed by atoms with Crippen LogP contribution in [0.25, 0.3) is 0 Å². The first kappa shape index (κ1) is 23.9. The van der Waals surface area contributed by atoms with Gasteiger partial charge in [-0.2, -0.15) is 0 Å². The molecular weight excluding hydrogens is 342 g/mol. The number of aliphatic hydroxyl groups excluding tert-OH is 1. The van der Waals surface area contributed by atoms with Gasteiger partial charge in [-0.25, -0.2) is 0 Å². The topological polar surface area (TPSA) is 20.2 Å². The Morgan fingerprint density at radius 3 is 1.89 bits per heavy atom. The van der Waals surface area contributed by atoms with Crippen molar-refractivity contribution in [3.05, 3.63) is 12.7 Å². The van der Waals surface area contributed by atoms with Crippen LogP contribution in [0.1, 0.15) is 110 Å².